The zero-order valence-electron chi connectivity index (χ0n) is 14.3. The molecule has 3 rings (SSSR count). The predicted molar refractivity (Wildman–Crippen MR) is 92.6 cm³/mol. The zero-order valence-corrected chi connectivity index (χ0v) is 14.3. The second kappa shape index (κ2) is 8.05. The molecule has 0 aromatic heterocycles. The molecule has 25 heavy (non-hydrogen) atoms. The third kappa shape index (κ3) is 4.13. The Hall–Kier alpha value is -2.50. The van der Waals surface area contributed by atoms with Crippen molar-refractivity contribution in [1.82, 2.24) is 0 Å². The van der Waals surface area contributed by atoms with E-state index in [1.54, 1.807) is 24.1 Å². The lowest BCUT2D eigenvalue weighted by Crippen LogP contribution is -2.21. The number of rotatable bonds is 2. The Labute approximate surface area is 147 Å². The van der Waals surface area contributed by atoms with Gasteiger partial charge in [0, 0.05) is 5.69 Å². The first-order valence-electron chi connectivity index (χ1n) is 8.63. The Morgan fingerprint density at radius 1 is 0.920 bits per heavy atom. The summed E-state index contributed by atoms with van der Waals surface area (Å²) in [6.07, 6.45) is 7.47. The molecule has 2 heterocycles. The molecule has 1 fully saturated rings. The first-order chi connectivity index (χ1) is 12.2. The molecule has 2 aliphatic heterocycles. The second-order valence-electron chi connectivity index (χ2n) is 6.09. The van der Waals surface area contributed by atoms with Crippen molar-refractivity contribution >= 4 is 17.6 Å². The summed E-state index contributed by atoms with van der Waals surface area (Å²) < 4.78 is 15.8. The molecule has 0 bridgehead atoms. The van der Waals surface area contributed by atoms with Gasteiger partial charge in [0.2, 0.25) is 0 Å². The van der Waals surface area contributed by atoms with Gasteiger partial charge in [0.05, 0.1) is 20.3 Å². The van der Waals surface area contributed by atoms with Gasteiger partial charge in [-0.15, -0.1) is 0 Å². The highest BCUT2D eigenvalue weighted by atomic mass is 16.5. The molecule has 1 aromatic rings. The molecule has 1 aromatic carbocycles. The molecule has 0 spiro atoms. The number of fused-ring (bicyclic) bond motifs is 1. The Morgan fingerprint density at radius 3 is 1.92 bits per heavy atom. The van der Waals surface area contributed by atoms with Crippen LogP contribution in [0.5, 0.6) is 5.75 Å². The fourth-order valence-corrected chi connectivity index (χ4v) is 2.95. The van der Waals surface area contributed by atoms with Crippen LogP contribution in [-0.4, -0.2) is 44.3 Å². The first-order valence-corrected chi connectivity index (χ1v) is 8.63. The average molecular weight is 345 g/mol. The van der Waals surface area contributed by atoms with Crippen molar-refractivity contribution in [2.75, 3.05) is 25.2 Å². The third-order valence-electron chi connectivity index (χ3n) is 4.35. The SMILES string of the molecule is COc1ccc(N2[C@H]3C(=O)OCCCC=CCCCOC(=O)[C@@H]32)cc1. The van der Waals surface area contributed by atoms with Gasteiger partial charge in [0.1, 0.15) is 5.75 Å². The lowest BCUT2D eigenvalue weighted by Gasteiger charge is -2.07. The van der Waals surface area contributed by atoms with Crippen LogP contribution in [0, 0.1) is 0 Å². The Balaban J connectivity index is 1.74. The van der Waals surface area contributed by atoms with Crippen LogP contribution in [0.1, 0.15) is 25.7 Å². The van der Waals surface area contributed by atoms with Crippen LogP contribution >= 0.6 is 0 Å². The van der Waals surface area contributed by atoms with E-state index in [1.165, 1.54) is 0 Å². The number of anilines is 1. The summed E-state index contributed by atoms with van der Waals surface area (Å²) in [6.45, 7) is 0.718. The van der Waals surface area contributed by atoms with Crippen molar-refractivity contribution in [3.63, 3.8) is 0 Å². The minimum Gasteiger partial charge on any atom is -0.497 e. The van der Waals surface area contributed by atoms with Crippen molar-refractivity contribution in [2.45, 2.75) is 37.8 Å². The first kappa shape index (κ1) is 17.3. The van der Waals surface area contributed by atoms with Gasteiger partial charge in [-0.2, -0.15) is 0 Å². The van der Waals surface area contributed by atoms with Crippen molar-refractivity contribution in [3.8, 4) is 5.75 Å². The van der Waals surface area contributed by atoms with Crippen molar-refractivity contribution in [2.24, 2.45) is 0 Å². The summed E-state index contributed by atoms with van der Waals surface area (Å²) in [6, 6.07) is 6.02. The minimum absolute atomic E-state index is 0.359. The second-order valence-corrected chi connectivity index (χ2v) is 6.09. The minimum atomic E-state index is -0.612. The number of cyclic esters (lactones) is 2. The summed E-state index contributed by atoms with van der Waals surface area (Å²) in [5.74, 6) is -0.0349. The monoisotopic (exact) mass is 345 g/mol. The number of allylic oxidation sites excluding steroid dienone is 2. The van der Waals surface area contributed by atoms with E-state index in [-0.39, 0.29) is 11.9 Å². The van der Waals surface area contributed by atoms with Crippen LogP contribution in [0.15, 0.2) is 36.4 Å². The van der Waals surface area contributed by atoms with Gasteiger partial charge < -0.3 is 19.1 Å². The van der Waals surface area contributed by atoms with Crippen LogP contribution in [0.3, 0.4) is 0 Å². The van der Waals surface area contributed by atoms with Gasteiger partial charge in [0.15, 0.2) is 12.1 Å². The summed E-state index contributed by atoms with van der Waals surface area (Å²) in [7, 11) is 1.59. The van der Waals surface area contributed by atoms with E-state index in [9.17, 15) is 9.59 Å². The summed E-state index contributed by atoms with van der Waals surface area (Å²) >= 11 is 0. The standard InChI is InChI=1S/C19H23NO5/c1-23-15-10-8-14(9-11-15)20-16-17(20)19(22)25-13-7-5-3-2-4-6-12-24-18(16)21/h2-3,8-11,16-17H,4-7,12-13H2,1H3/t16-,17-/m1/s1. The Kier molecular flexibility index (Phi) is 5.58. The Morgan fingerprint density at radius 2 is 1.44 bits per heavy atom. The fraction of sp³-hybridized carbons (Fsp3) is 0.474. The zero-order chi connectivity index (χ0) is 17.6. The van der Waals surface area contributed by atoms with E-state index in [2.05, 4.69) is 12.2 Å². The molecule has 0 saturated carbocycles. The van der Waals surface area contributed by atoms with Crippen LogP contribution in [0.4, 0.5) is 5.69 Å². The number of carbonyl (C=O) groups excluding carboxylic acids is 2. The quantitative estimate of drug-likeness (QED) is 0.466. The van der Waals surface area contributed by atoms with E-state index in [4.69, 9.17) is 14.2 Å². The molecule has 2 aliphatic rings. The van der Waals surface area contributed by atoms with E-state index in [1.807, 2.05) is 12.1 Å². The molecule has 6 nitrogen and oxygen atoms in total. The van der Waals surface area contributed by atoms with Crippen LogP contribution in [-0.2, 0) is 19.1 Å². The van der Waals surface area contributed by atoms with Gasteiger partial charge in [-0.05, 0) is 49.9 Å². The molecule has 134 valence electrons. The number of ether oxygens (including phenoxy) is 3. The molecular weight excluding hydrogens is 322 g/mol. The van der Waals surface area contributed by atoms with E-state index < -0.39 is 12.1 Å². The molecule has 1 saturated heterocycles. The third-order valence-corrected chi connectivity index (χ3v) is 4.35. The smallest absolute Gasteiger partial charge is 0.331 e. The van der Waals surface area contributed by atoms with Crippen LogP contribution < -0.4 is 9.64 Å². The normalized spacial score (nSPS) is 24.6. The highest BCUT2D eigenvalue weighted by Crippen LogP contribution is 2.37. The molecule has 6 heteroatoms. The van der Waals surface area contributed by atoms with Gasteiger partial charge in [-0.1, -0.05) is 12.2 Å². The van der Waals surface area contributed by atoms with Crippen molar-refractivity contribution in [3.05, 3.63) is 36.4 Å². The molecule has 0 aliphatic carbocycles. The van der Waals surface area contributed by atoms with Gasteiger partial charge in [-0.3, -0.25) is 0 Å². The number of nitrogens with zero attached hydrogens (tertiary/aromatic N) is 1. The number of carbonyl (C=O) groups is 2. The molecular formula is C19H23NO5. The summed E-state index contributed by atoms with van der Waals surface area (Å²) in [4.78, 5) is 26.5. The van der Waals surface area contributed by atoms with Crippen molar-refractivity contribution in [1.29, 1.82) is 0 Å². The highest BCUT2D eigenvalue weighted by Gasteiger charge is 2.59. The molecule has 0 radical (unpaired) electrons. The lowest BCUT2D eigenvalue weighted by atomic mass is 10.2. The number of hydrogen-bond acceptors (Lipinski definition) is 6. The molecule has 0 amide bonds. The Bertz CT molecular complexity index is 608. The van der Waals surface area contributed by atoms with E-state index in [0.29, 0.717) is 13.2 Å². The predicted octanol–water partition coefficient (Wildman–Crippen LogP) is 2.47. The number of hydrogen-bond donors (Lipinski definition) is 0. The molecule has 0 unspecified atom stereocenters. The van der Waals surface area contributed by atoms with E-state index in [0.717, 1.165) is 37.1 Å². The summed E-state index contributed by atoms with van der Waals surface area (Å²) in [5.41, 5.74) is 0.774. The number of benzene rings is 1. The average Bonchev–Trinajstić information content (AvgIpc) is 3.38. The molecule has 0 N–H and O–H groups in total. The summed E-state index contributed by atoms with van der Waals surface area (Å²) in [5, 5.41) is 0. The van der Waals surface area contributed by atoms with Crippen LogP contribution in [0.2, 0.25) is 0 Å². The maximum atomic E-state index is 12.4. The largest absolute Gasteiger partial charge is 0.497 e. The lowest BCUT2D eigenvalue weighted by molar-refractivity contribution is -0.147. The number of methoxy groups -OCH3 is 1. The van der Waals surface area contributed by atoms with E-state index >= 15 is 0 Å². The molecule has 2 atom stereocenters. The maximum absolute atomic E-state index is 12.4. The highest BCUT2D eigenvalue weighted by molar-refractivity contribution is 6.01. The van der Waals surface area contributed by atoms with Gasteiger partial charge in [0.25, 0.3) is 0 Å². The van der Waals surface area contributed by atoms with Crippen LogP contribution in [0.25, 0.3) is 0 Å². The number of esters is 2. The van der Waals surface area contributed by atoms with Gasteiger partial charge in [-0.25, -0.2) is 9.59 Å². The fourth-order valence-electron chi connectivity index (χ4n) is 2.95. The van der Waals surface area contributed by atoms with Gasteiger partial charge >= 0.3 is 11.9 Å². The van der Waals surface area contributed by atoms with Crippen molar-refractivity contribution < 1.29 is 23.8 Å². The maximum Gasteiger partial charge on any atom is 0.331 e. The topological polar surface area (TPSA) is 64.8 Å².